The van der Waals surface area contributed by atoms with Crippen molar-refractivity contribution in [2.24, 2.45) is 11.1 Å². The number of nitrogens with two attached hydrogens (primary N) is 1. The highest BCUT2D eigenvalue weighted by Crippen LogP contribution is 2.51. The quantitative estimate of drug-likeness (QED) is 0.570. The molecule has 1 heterocycles. The first-order valence-corrected chi connectivity index (χ1v) is 12.1. The number of carbonyl (C=O) groups excluding carboxylic acids is 2. The number of hydrogen-bond acceptors (Lipinski definition) is 7. The third-order valence-corrected chi connectivity index (χ3v) is 6.79. The van der Waals surface area contributed by atoms with E-state index in [0.717, 1.165) is 16.9 Å². The second kappa shape index (κ2) is 9.72. The average Bonchev–Trinajstić information content (AvgIpc) is 2.83. The minimum absolute atomic E-state index is 0.00700. The van der Waals surface area contributed by atoms with Crippen LogP contribution in [0.15, 0.2) is 65.1 Å². The molecule has 190 valence electrons. The van der Waals surface area contributed by atoms with Gasteiger partial charge in [-0.25, -0.2) is 4.79 Å². The van der Waals surface area contributed by atoms with Crippen molar-refractivity contribution in [2.45, 2.75) is 46.5 Å². The number of anilines is 1. The second-order valence-corrected chi connectivity index (χ2v) is 10.0. The maximum absolute atomic E-state index is 13.8. The third kappa shape index (κ3) is 4.45. The number of benzene rings is 2. The van der Waals surface area contributed by atoms with Crippen molar-refractivity contribution in [2.75, 3.05) is 25.7 Å². The van der Waals surface area contributed by atoms with Gasteiger partial charge in [-0.1, -0.05) is 37.6 Å². The van der Waals surface area contributed by atoms with E-state index in [2.05, 4.69) is 13.8 Å². The Bertz CT molecular complexity index is 1260. The molecule has 0 bridgehead atoms. The maximum Gasteiger partial charge on any atom is 0.338 e. The van der Waals surface area contributed by atoms with E-state index >= 15 is 0 Å². The van der Waals surface area contributed by atoms with Gasteiger partial charge in [-0.05, 0) is 55.5 Å². The number of carbonyl (C=O) groups is 2. The number of rotatable bonds is 6. The summed E-state index contributed by atoms with van der Waals surface area (Å²) in [6, 6.07) is 13.3. The summed E-state index contributed by atoms with van der Waals surface area (Å²) < 4.78 is 16.4. The topological polar surface area (TPSA) is 91.1 Å². The van der Waals surface area contributed by atoms with Crippen molar-refractivity contribution in [1.29, 1.82) is 0 Å². The molecule has 2 aromatic carbocycles. The number of allylic oxidation sites excluding steroid dienone is 2. The Kier molecular flexibility index (Phi) is 6.85. The molecule has 2 N–H and O–H groups in total. The first-order chi connectivity index (χ1) is 17.1. The van der Waals surface area contributed by atoms with E-state index < -0.39 is 11.9 Å². The fourth-order valence-electron chi connectivity index (χ4n) is 5.17. The predicted octanol–water partition coefficient (Wildman–Crippen LogP) is 4.99. The Labute approximate surface area is 212 Å². The number of aryl methyl sites for hydroxylation is 1. The number of Topliss-reactive ketones (excluding diaryl/α,β-unsaturated/α-hetero) is 1. The van der Waals surface area contributed by atoms with Gasteiger partial charge in [-0.15, -0.1) is 0 Å². The summed E-state index contributed by atoms with van der Waals surface area (Å²) in [6.07, 6.45) is 0.996. The predicted molar refractivity (Wildman–Crippen MR) is 139 cm³/mol. The van der Waals surface area contributed by atoms with Gasteiger partial charge in [0.15, 0.2) is 17.3 Å². The lowest BCUT2D eigenvalue weighted by Gasteiger charge is -2.44. The van der Waals surface area contributed by atoms with Crippen molar-refractivity contribution in [3.05, 3.63) is 76.3 Å². The lowest BCUT2D eigenvalue weighted by atomic mass is 9.68. The highest BCUT2D eigenvalue weighted by atomic mass is 16.5. The van der Waals surface area contributed by atoms with Crippen LogP contribution in [0.2, 0.25) is 0 Å². The molecule has 0 spiro atoms. The monoisotopic (exact) mass is 490 g/mol. The van der Waals surface area contributed by atoms with Crippen LogP contribution >= 0.6 is 0 Å². The minimum Gasteiger partial charge on any atom is -0.493 e. The molecule has 0 saturated carbocycles. The van der Waals surface area contributed by atoms with E-state index in [4.69, 9.17) is 19.9 Å². The van der Waals surface area contributed by atoms with Gasteiger partial charge in [0.2, 0.25) is 0 Å². The molecule has 0 radical (unpaired) electrons. The molecular formula is C29H34N2O5. The Morgan fingerprint density at radius 3 is 2.33 bits per heavy atom. The van der Waals surface area contributed by atoms with Crippen LogP contribution in [0.1, 0.15) is 50.7 Å². The standard InChI is InChI=1S/C29H34N2O5/c1-7-36-28(33)26-24(18-10-13-22(34-5)23(14-18)35-6)25-20(15-29(3,4)16-21(25)32)31(27(26)30)19-11-8-17(2)9-12-19/h8-14,24H,7,15-16,30H2,1-6H3. The molecule has 7 nitrogen and oxygen atoms in total. The molecule has 2 aliphatic rings. The van der Waals surface area contributed by atoms with Gasteiger partial charge >= 0.3 is 5.97 Å². The lowest BCUT2D eigenvalue weighted by Crippen LogP contribution is -2.43. The summed E-state index contributed by atoms with van der Waals surface area (Å²) in [7, 11) is 3.12. The van der Waals surface area contributed by atoms with E-state index in [1.54, 1.807) is 33.3 Å². The molecule has 0 saturated heterocycles. The molecule has 1 aliphatic carbocycles. The zero-order valence-corrected chi connectivity index (χ0v) is 21.8. The number of hydrogen-bond donors (Lipinski definition) is 1. The fraction of sp³-hybridized carbons (Fsp3) is 0.379. The molecule has 4 rings (SSSR count). The molecule has 2 aromatic rings. The second-order valence-electron chi connectivity index (χ2n) is 10.0. The number of methoxy groups -OCH3 is 2. The molecule has 0 amide bonds. The average molecular weight is 491 g/mol. The molecular weight excluding hydrogens is 456 g/mol. The molecule has 0 fully saturated rings. The number of ketones is 1. The Morgan fingerprint density at radius 2 is 1.72 bits per heavy atom. The van der Waals surface area contributed by atoms with Crippen LogP contribution in [0.25, 0.3) is 0 Å². The van der Waals surface area contributed by atoms with E-state index in [1.165, 1.54) is 0 Å². The Hall–Kier alpha value is -3.74. The summed E-state index contributed by atoms with van der Waals surface area (Å²) in [5, 5.41) is 0. The highest BCUT2D eigenvalue weighted by molar-refractivity contribution is 6.05. The van der Waals surface area contributed by atoms with Crippen LogP contribution in [-0.4, -0.2) is 32.6 Å². The summed E-state index contributed by atoms with van der Waals surface area (Å²) in [5.74, 6) is 0.0794. The zero-order chi connectivity index (χ0) is 26.2. The van der Waals surface area contributed by atoms with Crippen molar-refractivity contribution in [3.8, 4) is 11.5 Å². The third-order valence-electron chi connectivity index (χ3n) is 6.79. The van der Waals surface area contributed by atoms with E-state index in [0.29, 0.717) is 35.5 Å². The van der Waals surface area contributed by atoms with Crippen molar-refractivity contribution < 1.29 is 23.8 Å². The van der Waals surface area contributed by atoms with E-state index in [9.17, 15) is 9.59 Å². The summed E-state index contributed by atoms with van der Waals surface area (Å²) in [4.78, 5) is 29.1. The molecule has 1 aliphatic heterocycles. The van der Waals surface area contributed by atoms with Crippen LogP contribution in [0, 0.1) is 12.3 Å². The van der Waals surface area contributed by atoms with Gasteiger partial charge in [0.1, 0.15) is 5.82 Å². The van der Waals surface area contributed by atoms with Gasteiger partial charge < -0.3 is 19.9 Å². The fourth-order valence-corrected chi connectivity index (χ4v) is 5.17. The summed E-state index contributed by atoms with van der Waals surface area (Å²) in [6.45, 7) is 8.10. The van der Waals surface area contributed by atoms with Gasteiger partial charge in [-0.3, -0.25) is 9.69 Å². The maximum atomic E-state index is 13.8. The molecule has 36 heavy (non-hydrogen) atoms. The number of esters is 1. The minimum atomic E-state index is -0.691. The number of nitrogens with zero attached hydrogens (tertiary/aromatic N) is 1. The SMILES string of the molecule is CCOC(=O)C1=C(N)N(c2ccc(C)cc2)C2=C(C(=O)CC(C)(C)C2)C1c1ccc(OC)c(OC)c1. The van der Waals surface area contributed by atoms with Gasteiger partial charge in [-0.2, -0.15) is 0 Å². The normalized spacial score (nSPS) is 19.2. The van der Waals surface area contributed by atoms with Crippen molar-refractivity contribution in [3.63, 3.8) is 0 Å². The van der Waals surface area contributed by atoms with Gasteiger partial charge in [0, 0.05) is 23.4 Å². The van der Waals surface area contributed by atoms with Crippen LogP contribution in [-0.2, 0) is 14.3 Å². The number of ether oxygens (including phenoxy) is 3. The van der Waals surface area contributed by atoms with Crippen LogP contribution < -0.4 is 20.1 Å². The molecule has 1 unspecified atom stereocenters. The largest absolute Gasteiger partial charge is 0.493 e. The Balaban J connectivity index is 2.03. The lowest BCUT2D eigenvalue weighted by molar-refractivity contribution is -0.138. The first kappa shape index (κ1) is 25.4. The van der Waals surface area contributed by atoms with Gasteiger partial charge in [0.05, 0.1) is 32.3 Å². The molecule has 7 heteroatoms. The Morgan fingerprint density at radius 1 is 1.06 bits per heavy atom. The van der Waals surface area contributed by atoms with Crippen molar-refractivity contribution in [1.82, 2.24) is 0 Å². The molecule has 1 atom stereocenters. The van der Waals surface area contributed by atoms with E-state index in [1.807, 2.05) is 42.2 Å². The van der Waals surface area contributed by atoms with Crippen LogP contribution in [0.3, 0.4) is 0 Å². The van der Waals surface area contributed by atoms with Crippen LogP contribution in [0.5, 0.6) is 11.5 Å². The molecule has 0 aromatic heterocycles. The smallest absolute Gasteiger partial charge is 0.338 e. The van der Waals surface area contributed by atoms with Crippen molar-refractivity contribution >= 4 is 17.4 Å². The highest BCUT2D eigenvalue weighted by Gasteiger charge is 2.46. The van der Waals surface area contributed by atoms with E-state index in [-0.39, 0.29) is 29.2 Å². The summed E-state index contributed by atoms with van der Waals surface area (Å²) >= 11 is 0. The van der Waals surface area contributed by atoms with Crippen LogP contribution in [0.4, 0.5) is 5.69 Å². The summed E-state index contributed by atoms with van der Waals surface area (Å²) in [5.41, 5.74) is 10.8. The van der Waals surface area contributed by atoms with Gasteiger partial charge in [0.25, 0.3) is 0 Å². The first-order valence-electron chi connectivity index (χ1n) is 12.1. The zero-order valence-electron chi connectivity index (χ0n) is 21.8.